The zero-order valence-electron chi connectivity index (χ0n) is 16.7. The van der Waals surface area contributed by atoms with E-state index in [0.29, 0.717) is 49.2 Å². The maximum atomic E-state index is 13.4. The van der Waals surface area contributed by atoms with Crippen molar-refractivity contribution in [3.63, 3.8) is 0 Å². The second kappa shape index (κ2) is 8.93. The third-order valence-corrected chi connectivity index (χ3v) is 5.64. The molecule has 1 saturated heterocycles. The summed E-state index contributed by atoms with van der Waals surface area (Å²) >= 11 is 6.06. The fraction of sp³-hybridized carbons (Fsp3) is 0.364. The molecule has 0 N–H and O–H groups in total. The molecule has 0 spiro atoms. The molecular weight excluding hydrogens is 408 g/mol. The van der Waals surface area contributed by atoms with Gasteiger partial charge in [0.15, 0.2) is 0 Å². The Labute approximate surface area is 180 Å². The molecule has 2 aromatic carbocycles. The van der Waals surface area contributed by atoms with Crippen LogP contribution < -0.4 is 4.74 Å². The van der Waals surface area contributed by atoms with Gasteiger partial charge < -0.3 is 24.0 Å². The molecule has 1 atom stereocenters. The van der Waals surface area contributed by atoms with Gasteiger partial charge in [-0.3, -0.25) is 0 Å². The van der Waals surface area contributed by atoms with Crippen molar-refractivity contribution in [3.05, 3.63) is 64.2 Å². The molecule has 8 heteroatoms. The van der Waals surface area contributed by atoms with Crippen LogP contribution in [0.15, 0.2) is 42.5 Å². The minimum absolute atomic E-state index is 0.0632. The summed E-state index contributed by atoms with van der Waals surface area (Å²) < 4.78 is 16.3. The van der Waals surface area contributed by atoms with Crippen molar-refractivity contribution in [1.82, 2.24) is 9.80 Å². The Kier molecular flexibility index (Phi) is 6.11. The number of benzene rings is 2. The standard InChI is InChI=1S/C22H23ClN2O5/c1-28-21(26)16-2-3-17-13-25(22(27)24-8-10-29-11-9-24)19(14-30-20(17)12-16)15-4-6-18(23)7-5-15/h2-7,12,19H,8-11,13-14H2,1H3/t19-/m1/s1. The number of fused-ring (bicyclic) bond motifs is 1. The minimum Gasteiger partial charge on any atom is -0.491 e. The third kappa shape index (κ3) is 4.22. The first kappa shape index (κ1) is 20.5. The van der Waals surface area contributed by atoms with E-state index in [9.17, 15) is 9.59 Å². The smallest absolute Gasteiger partial charge is 0.337 e. The Hall–Kier alpha value is -2.77. The number of nitrogens with zero attached hydrogens (tertiary/aromatic N) is 2. The van der Waals surface area contributed by atoms with E-state index in [1.54, 1.807) is 17.0 Å². The summed E-state index contributed by atoms with van der Waals surface area (Å²) in [6, 6.07) is 12.2. The number of amides is 2. The maximum Gasteiger partial charge on any atom is 0.337 e. The summed E-state index contributed by atoms with van der Waals surface area (Å²) in [4.78, 5) is 29.0. The molecular formula is C22H23ClN2O5. The van der Waals surface area contributed by atoms with E-state index in [0.717, 1.165) is 11.1 Å². The first-order valence-corrected chi connectivity index (χ1v) is 10.2. The summed E-state index contributed by atoms with van der Waals surface area (Å²) in [7, 11) is 1.34. The van der Waals surface area contributed by atoms with Crippen LogP contribution in [0.4, 0.5) is 4.79 Å². The number of carbonyl (C=O) groups excluding carboxylic acids is 2. The van der Waals surface area contributed by atoms with E-state index in [1.807, 2.05) is 35.2 Å². The number of carbonyl (C=O) groups is 2. The number of ether oxygens (including phenoxy) is 3. The van der Waals surface area contributed by atoms with E-state index in [2.05, 4.69) is 0 Å². The van der Waals surface area contributed by atoms with Gasteiger partial charge in [-0.1, -0.05) is 29.8 Å². The number of hydrogen-bond donors (Lipinski definition) is 0. The van der Waals surface area contributed by atoms with Gasteiger partial charge in [0.05, 0.1) is 38.5 Å². The van der Waals surface area contributed by atoms with Crippen molar-refractivity contribution in [2.24, 2.45) is 0 Å². The molecule has 0 aromatic heterocycles. The first-order valence-electron chi connectivity index (χ1n) is 9.79. The van der Waals surface area contributed by atoms with Crippen molar-refractivity contribution < 1.29 is 23.8 Å². The van der Waals surface area contributed by atoms with Crippen molar-refractivity contribution in [3.8, 4) is 5.75 Å². The number of urea groups is 1. The second-order valence-electron chi connectivity index (χ2n) is 7.20. The average molecular weight is 431 g/mol. The monoisotopic (exact) mass is 430 g/mol. The molecule has 2 aliphatic heterocycles. The first-order chi connectivity index (χ1) is 14.6. The van der Waals surface area contributed by atoms with E-state index in [4.69, 9.17) is 25.8 Å². The predicted octanol–water partition coefficient (Wildman–Crippen LogP) is 3.51. The number of rotatable bonds is 2. The molecule has 2 amide bonds. The molecule has 30 heavy (non-hydrogen) atoms. The summed E-state index contributed by atoms with van der Waals surface area (Å²) in [6.07, 6.45) is 0. The van der Waals surface area contributed by atoms with Gasteiger partial charge in [-0.2, -0.15) is 0 Å². The number of morpholine rings is 1. The quantitative estimate of drug-likeness (QED) is 0.682. The van der Waals surface area contributed by atoms with Crippen molar-refractivity contribution in [2.75, 3.05) is 40.0 Å². The van der Waals surface area contributed by atoms with Crippen LogP contribution in [0.5, 0.6) is 5.75 Å². The van der Waals surface area contributed by atoms with E-state index in [-0.39, 0.29) is 18.7 Å². The number of esters is 1. The fourth-order valence-corrected chi connectivity index (χ4v) is 3.84. The van der Waals surface area contributed by atoms with Crippen molar-refractivity contribution in [2.45, 2.75) is 12.6 Å². The van der Waals surface area contributed by atoms with E-state index in [1.165, 1.54) is 7.11 Å². The molecule has 158 valence electrons. The highest BCUT2D eigenvalue weighted by Crippen LogP contribution is 2.33. The fourth-order valence-electron chi connectivity index (χ4n) is 3.72. The molecule has 7 nitrogen and oxygen atoms in total. The normalized spacial score (nSPS) is 18.8. The summed E-state index contributed by atoms with van der Waals surface area (Å²) in [5, 5.41) is 0.630. The van der Waals surface area contributed by atoms with Gasteiger partial charge >= 0.3 is 12.0 Å². The van der Waals surface area contributed by atoms with Crippen LogP contribution >= 0.6 is 11.6 Å². The summed E-state index contributed by atoms with van der Waals surface area (Å²) in [5.74, 6) is 0.148. The Morgan fingerprint density at radius 1 is 1.10 bits per heavy atom. The third-order valence-electron chi connectivity index (χ3n) is 5.38. The molecule has 4 rings (SSSR count). The number of methoxy groups -OCH3 is 1. The van der Waals surface area contributed by atoms with Crippen LogP contribution in [0.2, 0.25) is 5.02 Å². The average Bonchev–Trinajstić information content (AvgIpc) is 2.98. The Morgan fingerprint density at radius 2 is 1.83 bits per heavy atom. The lowest BCUT2D eigenvalue weighted by atomic mass is 10.1. The zero-order valence-corrected chi connectivity index (χ0v) is 17.4. The van der Waals surface area contributed by atoms with Gasteiger partial charge in [-0.15, -0.1) is 0 Å². The highest BCUT2D eigenvalue weighted by molar-refractivity contribution is 6.30. The Bertz CT molecular complexity index is 928. The predicted molar refractivity (Wildman–Crippen MR) is 111 cm³/mol. The van der Waals surface area contributed by atoms with Gasteiger partial charge in [0.1, 0.15) is 12.4 Å². The van der Waals surface area contributed by atoms with E-state index < -0.39 is 5.97 Å². The van der Waals surface area contributed by atoms with Gasteiger partial charge in [0.2, 0.25) is 0 Å². The van der Waals surface area contributed by atoms with Gasteiger partial charge in [-0.25, -0.2) is 9.59 Å². The Morgan fingerprint density at radius 3 is 2.53 bits per heavy atom. The molecule has 0 aliphatic carbocycles. The topological polar surface area (TPSA) is 68.3 Å². The highest BCUT2D eigenvalue weighted by atomic mass is 35.5. The second-order valence-corrected chi connectivity index (χ2v) is 7.64. The molecule has 2 aliphatic rings. The van der Waals surface area contributed by atoms with Gasteiger partial charge in [-0.05, 0) is 29.8 Å². The van der Waals surface area contributed by atoms with Crippen LogP contribution in [-0.4, -0.2) is 61.8 Å². The maximum absolute atomic E-state index is 13.4. The number of hydrogen-bond acceptors (Lipinski definition) is 5. The van der Waals surface area contributed by atoms with E-state index >= 15 is 0 Å². The lowest BCUT2D eigenvalue weighted by Crippen LogP contribution is -2.49. The summed E-state index contributed by atoms with van der Waals surface area (Å²) in [5.41, 5.74) is 2.18. The zero-order chi connectivity index (χ0) is 21.1. The lowest BCUT2D eigenvalue weighted by molar-refractivity contribution is 0.0362. The highest BCUT2D eigenvalue weighted by Gasteiger charge is 2.33. The minimum atomic E-state index is -0.429. The summed E-state index contributed by atoms with van der Waals surface area (Å²) in [6.45, 7) is 2.78. The van der Waals surface area contributed by atoms with Crippen molar-refractivity contribution in [1.29, 1.82) is 0 Å². The molecule has 0 bridgehead atoms. The van der Waals surface area contributed by atoms with Crippen LogP contribution in [-0.2, 0) is 16.0 Å². The largest absolute Gasteiger partial charge is 0.491 e. The SMILES string of the molecule is COC(=O)c1ccc2c(c1)OC[C@H](c1ccc(Cl)cc1)N(C(=O)N1CCOCC1)C2. The Balaban J connectivity index is 1.68. The molecule has 2 heterocycles. The number of halogens is 1. The van der Waals surface area contributed by atoms with Crippen LogP contribution in [0.25, 0.3) is 0 Å². The molecule has 0 saturated carbocycles. The van der Waals surface area contributed by atoms with Crippen LogP contribution in [0.3, 0.4) is 0 Å². The molecule has 1 fully saturated rings. The van der Waals surface area contributed by atoms with Gasteiger partial charge in [0, 0.05) is 23.7 Å². The van der Waals surface area contributed by atoms with Gasteiger partial charge in [0.25, 0.3) is 0 Å². The van der Waals surface area contributed by atoms with Crippen LogP contribution in [0.1, 0.15) is 27.5 Å². The molecule has 0 unspecified atom stereocenters. The molecule has 0 radical (unpaired) electrons. The van der Waals surface area contributed by atoms with Crippen molar-refractivity contribution >= 4 is 23.6 Å². The molecule has 2 aromatic rings. The lowest BCUT2D eigenvalue weighted by Gasteiger charge is -2.36. The van der Waals surface area contributed by atoms with Crippen LogP contribution in [0, 0.1) is 0 Å².